The van der Waals surface area contributed by atoms with Gasteiger partial charge in [0.2, 0.25) is 5.91 Å². The molecule has 0 radical (unpaired) electrons. The number of amides is 1. The minimum atomic E-state index is -0.270. The SMILES string of the molecule is Cc1ccc(/C=C/C(=O)NC(=S)N(CCCCO)c2cccc3ccccc23)cc1. The van der Waals surface area contributed by atoms with Crippen LogP contribution in [0.3, 0.4) is 0 Å². The lowest BCUT2D eigenvalue weighted by molar-refractivity contribution is -0.115. The molecule has 5 heteroatoms. The summed E-state index contributed by atoms with van der Waals surface area (Å²) in [5.74, 6) is -0.270. The van der Waals surface area contributed by atoms with E-state index in [1.807, 2.05) is 66.4 Å². The van der Waals surface area contributed by atoms with Gasteiger partial charge >= 0.3 is 0 Å². The quantitative estimate of drug-likeness (QED) is 0.327. The molecule has 0 aliphatic carbocycles. The Balaban J connectivity index is 1.78. The Kier molecular flexibility index (Phi) is 7.71. The number of rotatable bonds is 7. The first-order chi connectivity index (χ1) is 14.6. The predicted octanol–water partition coefficient (Wildman–Crippen LogP) is 4.84. The smallest absolute Gasteiger partial charge is 0.250 e. The van der Waals surface area contributed by atoms with Crippen LogP contribution in [-0.2, 0) is 4.79 Å². The summed E-state index contributed by atoms with van der Waals surface area (Å²) in [4.78, 5) is 14.4. The molecule has 0 spiro atoms. The lowest BCUT2D eigenvalue weighted by atomic mass is 10.1. The lowest BCUT2D eigenvalue weighted by Crippen LogP contribution is -2.43. The number of benzene rings is 3. The predicted molar refractivity (Wildman–Crippen MR) is 129 cm³/mol. The van der Waals surface area contributed by atoms with Gasteiger partial charge in [0.25, 0.3) is 0 Å². The molecule has 3 rings (SSSR count). The highest BCUT2D eigenvalue weighted by Crippen LogP contribution is 2.27. The fourth-order valence-corrected chi connectivity index (χ4v) is 3.51. The Bertz CT molecular complexity index is 1040. The van der Waals surface area contributed by atoms with Gasteiger partial charge in [0, 0.05) is 24.6 Å². The van der Waals surface area contributed by atoms with Crippen molar-refractivity contribution >= 4 is 45.8 Å². The van der Waals surface area contributed by atoms with Gasteiger partial charge in [0.1, 0.15) is 0 Å². The van der Waals surface area contributed by atoms with Crippen LogP contribution in [-0.4, -0.2) is 29.3 Å². The van der Waals surface area contributed by atoms with Gasteiger partial charge in [0.05, 0.1) is 5.69 Å². The summed E-state index contributed by atoms with van der Waals surface area (Å²) in [6, 6.07) is 22.1. The zero-order valence-electron chi connectivity index (χ0n) is 17.0. The Morgan fingerprint density at radius 3 is 2.53 bits per heavy atom. The molecule has 0 saturated carbocycles. The molecule has 0 aliphatic rings. The van der Waals surface area contributed by atoms with Crippen molar-refractivity contribution < 1.29 is 9.90 Å². The summed E-state index contributed by atoms with van der Waals surface area (Å²) in [7, 11) is 0. The van der Waals surface area contributed by atoms with Crippen LogP contribution >= 0.6 is 12.2 Å². The Morgan fingerprint density at radius 2 is 1.77 bits per heavy atom. The number of fused-ring (bicyclic) bond motifs is 1. The van der Waals surface area contributed by atoms with Crippen LogP contribution in [0.4, 0.5) is 5.69 Å². The highest BCUT2D eigenvalue weighted by atomic mass is 32.1. The van der Waals surface area contributed by atoms with Crippen molar-refractivity contribution in [3.63, 3.8) is 0 Å². The third kappa shape index (κ3) is 5.75. The fraction of sp³-hybridized carbons (Fsp3) is 0.200. The van der Waals surface area contributed by atoms with Crippen LogP contribution in [0.15, 0.2) is 72.8 Å². The van der Waals surface area contributed by atoms with Gasteiger partial charge in [-0.15, -0.1) is 0 Å². The number of carbonyl (C=O) groups excluding carboxylic acids is 1. The molecule has 154 valence electrons. The molecule has 3 aromatic rings. The molecule has 0 atom stereocenters. The third-order valence-electron chi connectivity index (χ3n) is 4.83. The normalized spacial score (nSPS) is 11.0. The van der Waals surface area contributed by atoms with E-state index >= 15 is 0 Å². The molecule has 0 heterocycles. The van der Waals surface area contributed by atoms with Crippen LogP contribution in [0.25, 0.3) is 16.8 Å². The van der Waals surface area contributed by atoms with Crippen molar-refractivity contribution in [2.45, 2.75) is 19.8 Å². The van der Waals surface area contributed by atoms with Crippen LogP contribution in [0.5, 0.6) is 0 Å². The van der Waals surface area contributed by atoms with Crippen LogP contribution < -0.4 is 10.2 Å². The number of nitrogens with zero attached hydrogens (tertiary/aromatic N) is 1. The maximum Gasteiger partial charge on any atom is 0.250 e. The summed E-state index contributed by atoms with van der Waals surface area (Å²) in [5, 5.41) is 14.5. The molecule has 2 N–H and O–H groups in total. The first-order valence-electron chi connectivity index (χ1n) is 10.0. The average Bonchev–Trinajstić information content (AvgIpc) is 2.76. The first-order valence-corrected chi connectivity index (χ1v) is 10.4. The molecule has 1 amide bonds. The number of unbranched alkanes of at least 4 members (excludes halogenated alkanes) is 1. The van der Waals surface area contributed by atoms with E-state index in [-0.39, 0.29) is 12.5 Å². The Labute approximate surface area is 182 Å². The second-order valence-electron chi connectivity index (χ2n) is 7.12. The van der Waals surface area contributed by atoms with Crippen molar-refractivity contribution in [2.75, 3.05) is 18.1 Å². The number of nitrogens with one attached hydrogen (secondary N) is 1. The van der Waals surface area contributed by atoms with Gasteiger partial charge in [-0.1, -0.05) is 66.2 Å². The maximum absolute atomic E-state index is 12.5. The number of hydrogen-bond donors (Lipinski definition) is 2. The van der Waals surface area contributed by atoms with Gasteiger partial charge in [-0.3, -0.25) is 10.1 Å². The molecule has 0 fully saturated rings. The van der Waals surface area contributed by atoms with E-state index in [0.29, 0.717) is 18.1 Å². The van der Waals surface area contributed by atoms with Crippen LogP contribution in [0, 0.1) is 6.92 Å². The van der Waals surface area contributed by atoms with Crippen molar-refractivity contribution in [1.29, 1.82) is 0 Å². The summed E-state index contributed by atoms with van der Waals surface area (Å²) in [6.45, 7) is 2.76. The standard InChI is InChI=1S/C25H26N2O2S/c1-19-11-13-20(14-12-19)15-16-24(29)26-25(30)27(17-4-5-18-28)23-10-6-8-21-7-2-3-9-22(21)23/h2-3,6-16,28H,4-5,17-18H2,1H3,(H,26,29,30)/b16-15+. The van der Waals surface area contributed by atoms with Gasteiger partial charge in [-0.05, 0) is 55.1 Å². The number of aliphatic hydroxyl groups excluding tert-OH is 1. The van der Waals surface area contributed by atoms with E-state index in [4.69, 9.17) is 12.2 Å². The summed E-state index contributed by atoms with van der Waals surface area (Å²) in [6.07, 6.45) is 4.69. The molecule has 0 saturated heterocycles. The highest BCUT2D eigenvalue weighted by Gasteiger charge is 2.16. The fourth-order valence-electron chi connectivity index (χ4n) is 3.22. The zero-order valence-corrected chi connectivity index (χ0v) is 17.9. The minimum absolute atomic E-state index is 0.127. The third-order valence-corrected chi connectivity index (χ3v) is 5.15. The van der Waals surface area contributed by atoms with Crippen LogP contribution in [0.2, 0.25) is 0 Å². The summed E-state index contributed by atoms with van der Waals surface area (Å²) < 4.78 is 0. The summed E-state index contributed by atoms with van der Waals surface area (Å²) in [5.41, 5.74) is 3.07. The molecule has 30 heavy (non-hydrogen) atoms. The molecular weight excluding hydrogens is 392 g/mol. The van der Waals surface area contributed by atoms with E-state index in [1.165, 1.54) is 11.6 Å². The summed E-state index contributed by atoms with van der Waals surface area (Å²) >= 11 is 5.59. The van der Waals surface area contributed by atoms with Crippen molar-refractivity contribution in [3.05, 3.63) is 83.9 Å². The van der Waals surface area contributed by atoms with Crippen molar-refractivity contribution in [2.24, 2.45) is 0 Å². The van der Waals surface area contributed by atoms with E-state index < -0.39 is 0 Å². The van der Waals surface area contributed by atoms with Gasteiger partial charge in [0.15, 0.2) is 5.11 Å². The van der Waals surface area contributed by atoms with Gasteiger partial charge < -0.3 is 10.0 Å². The monoisotopic (exact) mass is 418 g/mol. The number of carbonyl (C=O) groups is 1. The van der Waals surface area contributed by atoms with E-state index in [2.05, 4.69) is 17.4 Å². The minimum Gasteiger partial charge on any atom is -0.396 e. The molecule has 3 aromatic carbocycles. The molecular formula is C25H26N2O2S. The van der Waals surface area contributed by atoms with Crippen molar-refractivity contribution in [1.82, 2.24) is 5.32 Å². The van der Waals surface area contributed by atoms with Gasteiger partial charge in [-0.2, -0.15) is 0 Å². The number of aliphatic hydroxyl groups is 1. The molecule has 0 aromatic heterocycles. The Hall–Kier alpha value is -3.02. The molecule has 0 bridgehead atoms. The van der Waals surface area contributed by atoms with Crippen LogP contribution in [0.1, 0.15) is 24.0 Å². The van der Waals surface area contributed by atoms with E-state index in [9.17, 15) is 9.90 Å². The second kappa shape index (κ2) is 10.7. The van der Waals surface area contributed by atoms with E-state index in [0.717, 1.165) is 28.4 Å². The molecule has 4 nitrogen and oxygen atoms in total. The number of thiocarbonyl (C=S) groups is 1. The first kappa shape index (κ1) is 21.7. The maximum atomic E-state index is 12.5. The van der Waals surface area contributed by atoms with Gasteiger partial charge in [-0.25, -0.2) is 0 Å². The topological polar surface area (TPSA) is 52.6 Å². The molecule has 0 unspecified atom stereocenters. The second-order valence-corrected chi connectivity index (χ2v) is 7.51. The zero-order chi connectivity index (χ0) is 21.3. The van der Waals surface area contributed by atoms with E-state index in [1.54, 1.807) is 6.08 Å². The highest BCUT2D eigenvalue weighted by molar-refractivity contribution is 7.80. The largest absolute Gasteiger partial charge is 0.396 e. The number of hydrogen-bond acceptors (Lipinski definition) is 3. The molecule has 0 aliphatic heterocycles. The Morgan fingerprint density at radius 1 is 1.03 bits per heavy atom. The number of anilines is 1. The number of aryl methyl sites for hydroxylation is 1. The van der Waals surface area contributed by atoms with Crippen molar-refractivity contribution in [3.8, 4) is 0 Å². The average molecular weight is 419 g/mol. The lowest BCUT2D eigenvalue weighted by Gasteiger charge is -2.26.